The van der Waals surface area contributed by atoms with Gasteiger partial charge in [-0.1, -0.05) is 35.8 Å². The van der Waals surface area contributed by atoms with Crippen molar-refractivity contribution in [2.75, 3.05) is 26.2 Å². The first kappa shape index (κ1) is 14.5. The van der Waals surface area contributed by atoms with Crippen LogP contribution >= 0.6 is 15.9 Å². The van der Waals surface area contributed by atoms with E-state index in [1.165, 1.54) is 0 Å². The van der Waals surface area contributed by atoms with Gasteiger partial charge >= 0.3 is 0 Å². The maximum absolute atomic E-state index is 5.79. The summed E-state index contributed by atoms with van der Waals surface area (Å²) < 4.78 is 6.81. The zero-order valence-electron chi connectivity index (χ0n) is 10.6. The summed E-state index contributed by atoms with van der Waals surface area (Å²) in [4.78, 5) is 2.33. The first-order valence-electron chi connectivity index (χ1n) is 6.04. The molecular weight excluding hydrogens is 280 g/mol. The third-order valence-electron chi connectivity index (χ3n) is 2.81. The van der Waals surface area contributed by atoms with E-state index in [0.717, 1.165) is 35.4 Å². The SMILES string of the molecule is CCN(CC)CCOc1cc(Br)ccc1CN. The highest BCUT2D eigenvalue weighted by molar-refractivity contribution is 9.10. The zero-order valence-corrected chi connectivity index (χ0v) is 12.2. The summed E-state index contributed by atoms with van der Waals surface area (Å²) in [6, 6.07) is 5.96. The number of halogens is 1. The molecule has 0 heterocycles. The average molecular weight is 301 g/mol. The van der Waals surface area contributed by atoms with Crippen LogP contribution in [0.25, 0.3) is 0 Å². The Balaban J connectivity index is 2.53. The number of benzene rings is 1. The molecule has 0 radical (unpaired) electrons. The topological polar surface area (TPSA) is 38.5 Å². The summed E-state index contributed by atoms with van der Waals surface area (Å²) in [6.45, 7) is 8.59. The van der Waals surface area contributed by atoms with Crippen molar-refractivity contribution in [1.82, 2.24) is 4.90 Å². The maximum atomic E-state index is 5.79. The Morgan fingerprint density at radius 1 is 1.29 bits per heavy atom. The second-order valence-corrected chi connectivity index (χ2v) is 4.75. The lowest BCUT2D eigenvalue weighted by atomic mass is 10.2. The minimum Gasteiger partial charge on any atom is -0.492 e. The number of rotatable bonds is 7. The first-order valence-corrected chi connectivity index (χ1v) is 6.84. The molecule has 0 aromatic heterocycles. The zero-order chi connectivity index (χ0) is 12.7. The molecule has 17 heavy (non-hydrogen) atoms. The minimum absolute atomic E-state index is 0.508. The van der Waals surface area contributed by atoms with E-state index in [2.05, 4.69) is 34.7 Å². The van der Waals surface area contributed by atoms with Crippen molar-refractivity contribution in [2.45, 2.75) is 20.4 Å². The minimum atomic E-state index is 0.508. The van der Waals surface area contributed by atoms with Crippen molar-refractivity contribution in [3.63, 3.8) is 0 Å². The highest BCUT2D eigenvalue weighted by Crippen LogP contribution is 2.23. The molecule has 0 aliphatic heterocycles. The molecule has 96 valence electrons. The fourth-order valence-electron chi connectivity index (χ4n) is 1.66. The van der Waals surface area contributed by atoms with E-state index >= 15 is 0 Å². The van der Waals surface area contributed by atoms with Crippen LogP contribution in [0.3, 0.4) is 0 Å². The van der Waals surface area contributed by atoms with E-state index in [1.807, 2.05) is 18.2 Å². The molecule has 2 N–H and O–H groups in total. The number of nitrogens with two attached hydrogens (primary N) is 1. The van der Waals surface area contributed by atoms with E-state index in [9.17, 15) is 0 Å². The molecule has 1 rings (SSSR count). The molecule has 3 nitrogen and oxygen atoms in total. The van der Waals surface area contributed by atoms with Gasteiger partial charge in [-0.05, 0) is 25.2 Å². The molecule has 0 fully saturated rings. The van der Waals surface area contributed by atoms with Crippen LogP contribution in [0.2, 0.25) is 0 Å². The lowest BCUT2D eigenvalue weighted by Gasteiger charge is -2.18. The van der Waals surface area contributed by atoms with Crippen molar-refractivity contribution in [1.29, 1.82) is 0 Å². The van der Waals surface area contributed by atoms with Gasteiger partial charge in [0.2, 0.25) is 0 Å². The Labute approximate surface area is 112 Å². The van der Waals surface area contributed by atoms with Gasteiger partial charge in [0.1, 0.15) is 12.4 Å². The molecule has 0 atom stereocenters. The summed E-state index contributed by atoms with van der Waals surface area (Å²) >= 11 is 3.44. The van der Waals surface area contributed by atoms with Crippen LogP contribution in [-0.2, 0) is 6.54 Å². The quantitative estimate of drug-likeness (QED) is 0.841. The number of likely N-dealkylation sites (N-methyl/N-ethyl adjacent to an activating group) is 1. The van der Waals surface area contributed by atoms with E-state index in [-0.39, 0.29) is 0 Å². The van der Waals surface area contributed by atoms with Crippen LogP contribution in [0.15, 0.2) is 22.7 Å². The summed E-state index contributed by atoms with van der Waals surface area (Å²) in [5.41, 5.74) is 6.73. The van der Waals surface area contributed by atoms with Gasteiger partial charge in [0.25, 0.3) is 0 Å². The third-order valence-corrected chi connectivity index (χ3v) is 3.30. The standard InChI is InChI=1S/C13H21BrN2O/c1-3-16(4-2)7-8-17-13-9-12(14)6-5-11(13)10-15/h5-6,9H,3-4,7-8,10,15H2,1-2H3. The summed E-state index contributed by atoms with van der Waals surface area (Å²) in [5, 5.41) is 0. The van der Waals surface area contributed by atoms with Gasteiger partial charge in [-0.3, -0.25) is 0 Å². The van der Waals surface area contributed by atoms with Gasteiger partial charge in [0.15, 0.2) is 0 Å². The molecule has 0 saturated carbocycles. The van der Waals surface area contributed by atoms with Gasteiger partial charge in [0.05, 0.1) is 0 Å². The van der Waals surface area contributed by atoms with E-state index in [4.69, 9.17) is 10.5 Å². The Kier molecular flexibility index (Phi) is 6.55. The predicted octanol–water partition coefficient (Wildman–Crippen LogP) is 2.63. The van der Waals surface area contributed by atoms with Gasteiger partial charge in [-0.15, -0.1) is 0 Å². The molecular formula is C13H21BrN2O. The lowest BCUT2D eigenvalue weighted by Crippen LogP contribution is -2.28. The number of ether oxygens (including phenoxy) is 1. The number of hydrogen-bond donors (Lipinski definition) is 1. The van der Waals surface area contributed by atoms with E-state index in [1.54, 1.807) is 0 Å². The molecule has 0 aliphatic carbocycles. The summed E-state index contributed by atoms with van der Waals surface area (Å²) in [6.07, 6.45) is 0. The smallest absolute Gasteiger partial charge is 0.124 e. The van der Waals surface area contributed by atoms with Gasteiger partial charge in [0, 0.05) is 23.1 Å². The van der Waals surface area contributed by atoms with Gasteiger partial charge in [-0.2, -0.15) is 0 Å². The molecule has 1 aromatic carbocycles. The summed E-state index contributed by atoms with van der Waals surface area (Å²) in [7, 11) is 0. The average Bonchev–Trinajstić information content (AvgIpc) is 2.35. The van der Waals surface area contributed by atoms with E-state index in [0.29, 0.717) is 13.2 Å². The fraction of sp³-hybridized carbons (Fsp3) is 0.538. The van der Waals surface area contributed by atoms with Crippen LogP contribution in [-0.4, -0.2) is 31.1 Å². The van der Waals surface area contributed by atoms with Crippen molar-refractivity contribution >= 4 is 15.9 Å². The van der Waals surface area contributed by atoms with E-state index < -0.39 is 0 Å². The highest BCUT2D eigenvalue weighted by Gasteiger charge is 2.04. The fourth-order valence-corrected chi connectivity index (χ4v) is 2.00. The van der Waals surface area contributed by atoms with Crippen molar-refractivity contribution in [3.05, 3.63) is 28.2 Å². The van der Waals surface area contributed by atoms with Crippen LogP contribution in [0.1, 0.15) is 19.4 Å². The number of nitrogens with zero attached hydrogens (tertiary/aromatic N) is 1. The molecule has 0 spiro atoms. The monoisotopic (exact) mass is 300 g/mol. The van der Waals surface area contributed by atoms with Crippen molar-refractivity contribution < 1.29 is 4.74 Å². The lowest BCUT2D eigenvalue weighted by molar-refractivity contribution is 0.221. The largest absolute Gasteiger partial charge is 0.492 e. The molecule has 0 aliphatic rings. The normalized spacial score (nSPS) is 10.9. The molecule has 1 aromatic rings. The highest BCUT2D eigenvalue weighted by atomic mass is 79.9. The van der Waals surface area contributed by atoms with Gasteiger partial charge < -0.3 is 15.4 Å². The van der Waals surface area contributed by atoms with Crippen LogP contribution < -0.4 is 10.5 Å². The Morgan fingerprint density at radius 3 is 2.59 bits per heavy atom. The van der Waals surface area contributed by atoms with Crippen molar-refractivity contribution in [3.8, 4) is 5.75 Å². The van der Waals surface area contributed by atoms with Gasteiger partial charge in [-0.25, -0.2) is 0 Å². The molecule has 0 amide bonds. The van der Waals surface area contributed by atoms with Crippen molar-refractivity contribution in [2.24, 2.45) is 5.73 Å². The Morgan fingerprint density at radius 2 is 2.00 bits per heavy atom. The predicted molar refractivity (Wildman–Crippen MR) is 75.3 cm³/mol. The summed E-state index contributed by atoms with van der Waals surface area (Å²) in [5.74, 6) is 0.883. The van der Waals surface area contributed by atoms with Crippen LogP contribution in [0.4, 0.5) is 0 Å². The van der Waals surface area contributed by atoms with Crippen LogP contribution in [0.5, 0.6) is 5.75 Å². The van der Waals surface area contributed by atoms with Crippen LogP contribution in [0, 0.1) is 0 Å². The Hall–Kier alpha value is -0.580. The number of hydrogen-bond acceptors (Lipinski definition) is 3. The Bertz CT molecular complexity index is 340. The molecule has 0 bridgehead atoms. The molecule has 0 unspecified atom stereocenters. The maximum Gasteiger partial charge on any atom is 0.124 e. The first-order chi connectivity index (χ1) is 8.21. The third kappa shape index (κ3) is 4.66. The second-order valence-electron chi connectivity index (χ2n) is 3.83. The molecule has 4 heteroatoms. The second kappa shape index (κ2) is 7.69. The molecule has 0 saturated heterocycles.